The number of nitrogens with one attached hydrogen (secondary N) is 1. The van der Waals surface area contributed by atoms with E-state index in [4.69, 9.17) is 4.74 Å². The summed E-state index contributed by atoms with van der Waals surface area (Å²) in [5.41, 5.74) is 0.842. The van der Waals surface area contributed by atoms with E-state index in [2.05, 4.69) is 10.3 Å². The van der Waals surface area contributed by atoms with Gasteiger partial charge >= 0.3 is 5.69 Å². The molecule has 8 heteroatoms. The van der Waals surface area contributed by atoms with E-state index in [0.29, 0.717) is 11.4 Å². The Kier molecular flexibility index (Phi) is 5.59. The average molecular weight is 430 g/mol. The first-order valence-electron chi connectivity index (χ1n) is 10.0. The Labute approximate surface area is 183 Å². The van der Waals surface area contributed by atoms with E-state index in [1.165, 1.54) is 23.9 Å². The van der Waals surface area contributed by atoms with Gasteiger partial charge in [-0.25, -0.2) is 14.3 Å². The molecular weight excluding hydrogens is 408 g/mol. The zero-order chi connectivity index (χ0) is 22.8. The number of carbonyl (C=O) groups excluding carboxylic acids is 1. The SMILES string of the molecule is COc1ccc(-n2c(=O)n(C)c(=O)c3cc(C(=O)N[C@H](C)c4ccccc4)cnc32)cc1. The minimum atomic E-state index is -0.532. The van der Waals surface area contributed by atoms with Gasteiger partial charge in [0.15, 0.2) is 5.65 Å². The molecule has 32 heavy (non-hydrogen) atoms. The van der Waals surface area contributed by atoms with Gasteiger partial charge in [-0.1, -0.05) is 30.3 Å². The molecule has 0 fully saturated rings. The van der Waals surface area contributed by atoms with Gasteiger partial charge in [0.1, 0.15) is 5.75 Å². The van der Waals surface area contributed by atoms with Gasteiger partial charge in [-0.2, -0.15) is 0 Å². The number of pyridine rings is 1. The van der Waals surface area contributed by atoms with Crippen molar-refractivity contribution in [3.8, 4) is 11.4 Å². The Hall–Kier alpha value is -4.20. The number of hydrogen-bond donors (Lipinski definition) is 1. The quantitative estimate of drug-likeness (QED) is 0.525. The number of nitrogens with zero attached hydrogens (tertiary/aromatic N) is 3. The maximum absolute atomic E-state index is 12.9. The molecule has 0 aliphatic heterocycles. The standard InChI is InChI=1S/C24H22N4O4/c1-15(16-7-5-4-6-8-16)26-22(29)17-13-20-21(25-14-17)28(24(31)27(2)23(20)30)18-9-11-19(32-3)12-10-18/h4-15H,1-3H3,(H,26,29)/t15-/m1/s1. The van der Waals surface area contributed by atoms with Gasteiger partial charge in [-0.05, 0) is 42.8 Å². The third kappa shape index (κ3) is 3.78. The minimum Gasteiger partial charge on any atom is -0.497 e. The maximum Gasteiger partial charge on any atom is 0.337 e. The van der Waals surface area contributed by atoms with E-state index in [1.54, 1.807) is 31.4 Å². The fraction of sp³-hybridized carbons (Fsp3) is 0.167. The van der Waals surface area contributed by atoms with Crippen molar-refractivity contribution in [1.82, 2.24) is 19.4 Å². The van der Waals surface area contributed by atoms with Crippen LogP contribution in [0.5, 0.6) is 5.75 Å². The first-order chi connectivity index (χ1) is 15.4. The largest absolute Gasteiger partial charge is 0.497 e. The highest BCUT2D eigenvalue weighted by Crippen LogP contribution is 2.18. The number of amides is 1. The van der Waals surface area contributed by atoms with Gasteiger partial charge in [0.2, 0.25) is 0 Å². The predicted molar refractivity (Wildman–Crippen MR) is 121 cm³/mol. The van der Waals surface area contributed by atoms with Crippen molar-refractivity contribution in [2.45, 2.75) is 13.0 Å². The molecule has 4 aromatic rings. The van der Waals surface area contributed by atoms with E-state index in [0.717, 1.165) is 10.1 Å². The van der Waals surface area contributed by atoms with Crippen LogP contribution in [-0.2, 0) is 7.05 Å². The molecule has 162 valence electrons. The zero-order valence-electron chi connectivity index (χ0n) is 17.9. The lowest BCUT2D eigenvalue weighted by Gasteiger charge is -2.15. The minimum absolute atomic E-state index is 0.169. The molecule has 1 N–H and O–H groups in total. The molecular formula is C24H22N4O4. The van der Waals surface area contributed by atoms with Crippen LogP contribution in [-0.4, -0.2) is 27.1 Å². The Bertz CT molecular complexity index is 1410. The smallest absolute Gasteiger partial charge is 0.337 e. The van der Waals surface area contributed by atoms with Gasteiger partial charge in [0, 0.05) is 13.2 Å². The van der Waals surface area contributed by atoms with E-state index >= 15 is 0 Å². The van der Waals surface area contributed by atoms with Crippen molar-refractivity contribution in [3.63, 3.8) is 0 Å². The normalized spacial score (nSPS) is 11.8. The van der Waals surface area contributed by atoms with E-state index in [9.17, 15) is 14.4 Å². The number of benzene rings is 2. The van der Waals surface area contributed by atoms with E-state index in [-0.39, 0.29) is 28.5 Å². The lowest BCUT2D eigenvalue weighted by molar-refractivity contribution is 0.0939. The summed E-state index contributed by atoms with van der Waals surface area (Å²) in [6.45, 7) is 1.88. The van der Waals surface area contributed by atoms with Crippen LogP contribution in [0, 0.1) is 0 Å². The van der Waals surface area contributed by atoms with Gasteiger partial charge in [-0.15, -0.1) is 0 Å². The van der Waals surface area contributed by atoms with Crippen molar-refractivity contribution in [3.05, 3.63) is 98.8 Å². The summed E-state index contributed by atoms with van der Waals surface area (Å²) in [5.74, 6) is 0.274. The second kappa shape index (κ2) is 8.50. The van der Waals surface area contributed by atoms with Crippen molar-refractivity contribution >= 4 is 16.9 Å². The van der Waals surface area contributed by atoms with E-state index in [1.807, 2.05) is 37.3 Å². The van der Waals surface area contributed by atoms with Crippen LogP contribution in [0.1, 0.15) is 28.9 Å². The summed E-state index contributed by atoms with van der Waals surface area (Å²) in [6.07, 6.45) is 1.37. The fourth-order valence-corrected chi connectivity index (χ4v) is 3.49. The average Bonchev–Trinajstić information content (AvgIpc) is 2.83. The Morgan fingerprint density at radius 1 is 1.06 bits per heavy atom. The summed E-state index contributed by atoms with van der Waals surface area (Å²) >= 11 is 0. The first kappa shape index (κ1) is 21.0. The van der Waals surface area contributed by atoms with Crippen LogP contribution < -0.4 is 21.3 Å². The third-order valence-electron chi connectivity index (χ3n) is 5.33. The number of carbonyl (C=O) groups is 1. The lowest BCUT2D eigenvalue weighted by Crippen LogP contribution is -2.38. The molecule has 2 aromatic heterocycles. The van der Waals surface area contributed by atoms with Crippen molar-refractivity contribution in [1.29, 1.82) is 0 Å². The Balaban J connectivity index is 1.78. The summed E-state index contributed by atoms with van der Waals surface area (Å²) in [7, 11) is 2.95. The second-order valence-corrected chi connectivity index (χ2v) is 7.38. The first-order valence-corrected chi connectivity index (χ1v) is 10.0. The van der Waals surface area contributed by atoms with Gasteiger partial charge in [0.05, 0.1) is 29.8 Å². The highest BCUT2D eigenvalue weighted by atomic mass is 16.5. The topological polar surface area (TPSA) is 95.2 Å². The zero-order valence-corrected chi connectivity index (χ0v) is 17.9. The van der Waals surface area contributed by atoms with Crippen LogP contribution >= 0.6 is 0 Å². The van der Waals surface area contributed by atoms with E-state index < -0.39 is 11.2 Å². The second-order valence-electron chi connectivity index (χ2n) is 7.38. The van der Waals surface area contributed by atoms with Crippen LogP contribution in [0.3, 0.4) is 0 Å². The molecule has 8 nitrogen and oxygen atoms in total. The van der Waals surface area contributed by atoms with Gasteiger partial charge in [-0.3, -0.25) is 14.2 Å². The van der Waals surface area contributed by atoms with Crippen LogP contribution in [0.4, 0.5) is 0 Å². The lowest BCUT2D eigenvalue weighted by atomic mass is 10.1. The molecule has 2 aromatic carbocycles. The number of aromatic nitrogens is 3. The third-order valence-corrected chi connectivity index (χ3v) is 5.33. The van der Waals surface area contributed by atoms with Crippen molar-refractivity contribution in [2.75, 3.05) is 7.11 Å². The van der Waals surface area contributed by atoms with Crippen molar-refractivity contribution in [2.24, 2.45) is 7.05 Å². The summed E-state index contributed by atoms with van der Waals surface area (Å²) < 4.78 is 7.51. The summed E-state index contributed by atoms with van der Waals surface area (Å²) in [6, 6.07) is 17.6. The van der Waals surface area contributed by atoms with Crippen LogP contribution in [0.15, 0.2) is 76.4 Å². The molecule has 0 radical (unpaired) electrons. The number of ether oxygens (including phenoxy) is 1. The molecule has 0 aliphatic carbocycles. The van der Waals surface area contributed by atoms with Crippen LogP contribution in [0.2, 0.25) is 0 Å². The number of methoxy groups -OCH3 is 1. The molecule has 0 unspecified atom stereocenters. The molecule has 0 spiro atoms. The number of rotatable bonds is 5. The monoisotopic (exact) mass is 430 g/mol. The molecule has 0 saturated heterocycles. The predicted octanol–water partition coefficient (Wildman–Crippen LogP) is 2.58. The summed E-state index contributed by atoms with van der Waals surface area (Å²) in [5, 5.41) is 3.08. The molecule has 1 atom stereocenters. The van der Waals surface area contributed by atoms with Crippen molar-refractivity contribution < 1.29 is 9.53 Å². The Morgan fingerprint density at radius 2 is 1.75 bits per heavy atom. The molecule has 4 rings (SSSR count). The fourth-order valence-electron chi connectivity index (χ4n) is 3.49. The van der Waals surface area contributed by atoms with Gasteiger partial charge < -0.3 is 10.1 Å². The highest BCUT2D eigenvalue weighted by molar-refractivity contribution is 5.97. The van der Waals surface area contributed by atoms with Gasteiger partial charge in [0.25, 0.3) is 11.5 Å². The molecule has 2 heterocycles. The number of hydrogen-bond acceptors (Lipinski definition) is 5. The maximum atomic E-state index is 12.9. The summed E-state index contributed by atoms with van der Waals surface area (Å²) in [4.78, 5) is 42.8. The molecule has 0 bridgehead atoms. The number of fused-ring (bicyclic) bond motifs is 1. The molecule has 1 amide bonds. The van der Waals surface area contributed by atoms with Crippen LogP contribution in [0.25, 0.3) is 16.7 Å². The Morgan fingerprint density at radius 3 is 2.41 bits per heavy atom. The highest BCUT2D eigenvalue weighted by Gasteiger charge is 2.17. The molecule has 0 saturated carbocycles. The molecule has 0 aliphatic rings.